The van der Waals surface area contributed by atoms with Gasteiger partial charge in [0.2, 0.25) is 0 Å². The smallest absolute Gasteiger partial charge is 0.353 e. The van der Waals surface area contributed by atoms with Gasteiger partial charge in [-0.2, -0.15) is 5.10 Å². The van der Waals surface area contributed by atoms with Gasteiger partial charge in [-0.25, -0.2) is 13.9 Å². The van der Waals surface area contributed by atoms with Crippen molar-refractivity contribution in [1.82, 2.24) is 9.78 Å². The summed E-state index contributed by atoms with van der Waals surface area (Å²) in [5.41, 5.74) is 3.59. The largest absolute Gasteiger partial charge is 0.422 e. The molecule has 2 aromatic heterocycles. The van der Waals surface area contributed by atoms with Crippen LogP contribution in [-0.4, -0.2) is 15.7 Å². The van der Waals surface area contributed by atoms with Crippen molar-refractivity contribution in [2.24, 2.45) is 0 Å². The van der Waals surface area contributed by atoms with E-state index in [1.54, 1.807) is 28.9 Å². The molecule has 0 amide bonds. The standard InChI is InChI=1S/C21H17FN2O2S/c1-12-7-8-17(9-13(12)2)26-21(25)19-11-18-14(3)23-24(20(18)27-19)16-6-4-5-15(22)10-16/h4-11H,1-3H3. The van der Waals surface area contributed by atoms with Crippen molar-refractivity contribution in [3.63, 3.8) is 0 Å². The summed E-state index contributed by atoms with van der Waals surface area (Å²) in [7, 11) is 0. The number of hydrogen-bond acceptors (Lipinski definition) is 4. The number of halogens is 1. The van der Waals surface area contributed by atoms with Crippen molar-refractivity contribution in [2.45, 2.75) is 20.8 Å². The Labute approximate surface area is 159 Å². The van der Waals surface area contributed by atoms with Crippen molar-refractivity contribution >= 4 is 27.5 Å². The molecule has 0 aliphatic heterocycles. The summed E-state index contributed by atoms with van der Waals surface area (Å²) in [5.74, 6) is -0.228. The molecule has 136 valence electrons. The monoisotopic (exact) mass is 380 g/mol. The van der Waals surface area contributed by atoms with Gasteiger partial charge in [-0.1, -0.05) is 12.1 Å². The number of benzene rings is 2. The average Bonchev–Trinajstić information content (AvgIpc) is 3.19. The fraction of sp³-hybridized carbons (Fsp3) is 0.143. The van der Waals surface area contributed by atoms with Gasteiger partial charge in [0.15, 0.2) is 0 Å². The molecule has 4 nitrogen and oxygen atoms in total. The van der Waals surface area contributed by atoms with Crippen LogP contribution in [0.2, 0.25) is 0 Å². The molecular weight excluding hydrogens is 363 g/mol. The van der Waals surface area contributed by atoms with Crippen molar-refractivity contribution in [3.05, 3.63) is 76.0 Å². The second-order valence-electron chi connectivity index (χ2n) is 6.44. The van der Waals surface area contributed by atoms with E-state index < -0.39 is 5.97 Å². The Morgan fingerprint density at radius 3 is 2.63 bits per heavy atom. The number of thiophene rings is 1. The van der Waals surface area contributed by atoms with E-state index in [0.717, 1.165) is 27.0 Å². The number of aromatic nitrogens is 2. The number of fused-ring (bicyclic) bond motifs is 1. The van der Waals surface area contributed by atoms with Crippen LogP contribution in [0, 0.1) is 26.6 Å². The normalized spacial score (nSPS) is 11.1. The molecule has 0 aliphatic carbocycles. The molecule has 6 heteroatoms. The molecule has 0 unspecified atom stereocenters. The molecule has 0 radical (unpaired) electrons. The van der Waals surface area contributed by atoms with Gasteiger partial charge in [0.05, 0.1) is 11.4 Å². The number of carbonyl (C=O) groups is 1. The number of rotatable bonds is 3. The van der Waals surface area contributed by atoms with Gasteiger partial charge in [0, 0.05) is 5.39 Å². The highest BCUT2D eigenvalue weighted by Gasteiger charge is 2.19. The Kier molecular flexibility index (Phi) is 4.28. The van der Waals surface area contributed by atoms with Crippen LogP contribution in [0.3, 0.4) is 0 Å². The van der Waals surface area contributed by atoms with Crippen molar-refractivity contribution in [3.8, 4) is 11.4 Å². The molecule has 0 spiro atoms. The molecule has 2 heterocycles. The highest BCUT2D eigenvalue weighted by Crippen LogP contribution is 2.31. The van der Waals surface area contributed by atoms with Crippen LogP contribution < -0.4 is 4.74 Å². The molecule has 2 aromatic carbocycles. The van der Waals surface area contributed by atoms with Gasteiger partial charge in [-0.15, -0.1) is 11.3 Å². The van der Waals surface area contributed by atoms with E-state index >= 15 is 0 Å². The summed E-state index contributed by atoms with van der Waals surface area (Å²) in [6, 6.07) is 13.6. The van der Waals surface area contributed by atoms with E-state index in [1.165, 1.54) is 23.5 Å². The number of carbonyl (C=O) groups excluding carboxylic acids is 1. The molecule has 0 bridgehead atoms. The summed E-state index contributed by atoms with van der Waals surface area (Å²) in [6.45, 7) is 5.85. The third kappa shape index (κ3) is 3.24. The van der Waals surface area contributed by atoms with Crippen LogP contribution in [0.15, 0.2) is 48.5 Å². The Hall–Kier alpha value is -2.99. The molecule has 0 saturated carbocycles. The Morgan fingerprint density at radius 1 is 1.07 bits per heavy atom. The number of esters is 1. The van der Waals surface area contributed by atoms with Crippen molar-refractivity contribution < 1.29 is 13.9 Å². The zero-order chi connectivity index (χ0) is 19.1. The minimum atomic E-state index is -0.412. The molecule has 4 aromatic rings. The van der Waals surface area contributed by atoms with E-state index in [-0.39, 0.29) is 5.82 Å². The number of nitrogens with zero attached hydrogens (tertiary/aromatic N) is 2. The lowest BCUT2D eigenvalue weighted by atomic mass is 10.1. The fourth-order valence-corrected chi connectivity index (χ4v) is 3.92. The molecule has 0 atom stereocenters. The molecule has 27 heavy (non-hydrogen) atoms. The SMILES string of the molecule is Cc1ccc(OC(=O)c2cc3c(C)nn(-c4cccc(F)c4)c3s2)cc1C. The topological polar surface area (TPSA) is 44.1 Å². The maximum Gasteiger partial charge on any atom is 0.353 e. The minimum absolute atomic E-state index is 0.334. The summed E-state index contributed by atoms with van der Waals surface area (Å²) in [4.78, 5) is 13.9. The summed E-state index contributed by atoms with van der Waals surface area (Å²) >= 11 is 1.28. The van der Waals surface area contributed by atoms with Crippen LogP contribution in [-0.2, 0) is 0 Å². The van der Waals surface area contributed by atoms with Crippen LogP contribution in [0.1, 0.15) is 26.5 Å². The first-order valence-electron chi connectivity index (χ1n) is 8.47. The highest BCUT2D eigenvalue weighted by atomic mass is 32.1. The predicted octanol–water partition coefficient (Wildman–Crippen LogP) is 5.37. The van der Waals surface area contributed by atoms with E-state index in [1.807, 2.05) is 32.9 Å². The molecule has 0 aliphatic rings. The second kappa shape index (κ2) is 6.63. The fourth-order valence-electron chi connectivity index (χ4n) is 2.87. The van der Waals surface area contributed by atoms with Crippen molar-refractivity contribution in [1.29, 1.82) is 0 Å². The molecule has 0 N–H and O–H groups in total. The van der Waals surface area contributed by atoms with E-state index in [9.17, 15) is 9.18 Å². The van der Waals surface area contributed by atoms with Crippen LogP contribution in [0.4, 0.5) is 4.39 Å². The summed E-state index contributed by atoms with van der Waals surface area (Å²) in [5, 5.41) is 5.33. The van der Waals surface area contributed by atoms with Crippen LogP contribution >= 0.6 is 11.3 Å². The Balaban J connectivity index is 1.70. The third-order valence-corrected chi connectivity index (χ3v) is 5.58. The van der Waals surface area contributed by atoms with Crippen LogP contribution in [0.25, 0.3) is 15.9 Å². The van der Waals surface area contributed by atoms with E-state index in [0.29, 0.717) is 16.3 Å². The van der Waals surface area contributed by atoms with E-state index in [2.05, 4.69) is 5.10 Å². The first kappa shape index (κ1) is 17.4. The maximum absolute atomic E-state index is 13.6. The Morgan fingerprint density at radius 2 is 1.89 bits per heavy atom. The lowest BCUT2D eigenvalue weighted by Gasteiger charge is -2.05. The number of aryl methyl sites for hydroxylation is 3. The predicted molar refractivity (Wildman–Crippen MR) is 105 cm³/mol. The van der Waals surface area contributed by atoms with Crippen LogP contribution in [0.5, 0.6) is 5.75 Å². The van der Waals surface area contributed by atoms with Gasteiger partial charge in [0.25, 0.3) is 0 Å². The maximum atomic E-state index is 13.6. The average molecular weight is 380 g/mol. The van der Waals surface area contributed by atoms with Crippen molar-refractivity contribution in [2.75, 3.05) is 0 Å². The molecule has 4 rings (SSSR count). The zero-order valence-electron chi connectivity index (χ0n) is 15.1. The van der Waals surface area contributed by atoms with Gasteiger partial charge >= 0.3 is 5.97 Å². The number of hydrogen-bond donors (Lipinski definition) is 0. The van der Waals surface area contributed by atoms with E-state index in [4.69, 9.17) is 4.74 Å². The van der Waals surface area contributed by atoms with Gasteiger partial charge in [-0.05, 0) is 68.3 Å². The summed E-state index contributed by atoms with van der Waals surface area (Å²) < 4.78 is 20.8. The van der Waals surface area contributed by atoms with Gasteiger partial charge in [0.1, 0.15) is 21.3 Å². The second-order valence-corrected chi connectivity index (χ2v) is 7.47. The van der Waals surface area contributed by atoms with Gasteiger partial charge < -0.3 is 4.74 Å². The molecular formula is C21H17FN2O2S. The third-order valence-electron chi connectivity index (χ3n) is 4.49. The molecule has 0 fully saturated rings. The minimum Gasteiger partial charge on any atom is -0.422 e. The molecule has 0 saturated heterocycles. The summed E-state index contributed by atoms with van der Waals surface area (Å²) in [6.07, 6.45) is 0. The zero-order valence-corrected chi connectivity index (χ0v) is 15.9. The van der Waals surface area contributed by atoms with Gasteiger partial charge in [-0.3, -0.25) is 0 Å². The first-order valence-corrected chi connectivity index (χ1v) is 9.28. The lowest BCUT2D eigenvalue weighted by molar-refractivity contribution is 0.0740. The quantitative estimate of drug-likeness (QED) is 0.354. The lowest BCUT2D eigenvalue weighted by Crippen LogP contribution is -2.06. The highest BCUT2D eigenvalue weighted by molar-refractivity contribution is 7.20. The Bertz CT molecular complexity index is 1180. The number of ether oxygens (including phenoxy) is 1. The first-order chi connectivity index (χ1) is 12.9.